The molecular weight excluding hydrogens is 246 g/mol. The molecule has 0 aliphatic carbocycles. The first-order valence-corrected chi connectivity index (χ1v) is 6.96. The van der Waals surface area contributed by atoms with E-state index in [-0.39, 0.29) is 6.04 Å². The van der Waals surface area contributed by atoms with Gasteiger partial charge in [-0.25, -0.2) is 0 Å². The summed E-state index contributed by atoms with van der Waals surface area (Å²) in [6, 6.07) is 10.6. The Bertz CT molecular complexity index is 551. The Labute approximate surface area is 121 Å². The van der Waals surface area contributed by atoms with Gasteiger partial charge in [0.25, 0.3) is 0 Å². The molecular formula is C17H23N3. The number of pyridine rings is 1. The first-order valence-electron chi connectivity index (χ1n) is 6.96. The van der Waals surface area contributed by atoms with Crippen molar-refractivity contribution in [1.82, 2.24) is 9.88 Å². The number of hydrogen-bond donors (Lipinski definition) is 1. The summed E-state index contributed by atoms with van der Waals surface area (Å²) >= 11 is 0. The van der Waals surface area contributed by atoms with Crippen LogP contribution >= 0.6 is 0 Å². The van der Waals surface area contributed by atoms with Crippen molar-refractivity contribution in [1.29, 1.82) is 0 Å². The van der Waals surface area contributed by atoms with Crippen molar-refractivity contribution in [3.63, 3.8) is 0 Å². The van der Waals surface area contributed by atoms with Crippen molar-refractivity contribution >= 4 is 0 Å². The average molecular weight is 269 g/mol. The zero-order valence-corrected chi connectivity index (χ0v) is 12.5. The van der Waals surface area contributed by atoms with Crippen molar-refractivity contribution in [2.24, 2.45) is 5.73 Å². The quantitative estimate of drug-likeness (QED) is 0.907. The van der Waals surface area contributed by atoms with E-state index in [1.165, 1.54) is 22.3 Å². The summed E-state index contributed by atoms with van der Waals surface area (Å²) in [4.78, 5) is 6.37. The van der Waals surface area contributed by atoms with Gasteiger partial charge in [0.2, 0.25) is 0 Å². The summed E-state index contributed by atoms with van der Waals surface area (Å²) < 4.78 is 0. The first kappa shape index (κ1) is 14.7. The minimum Gasteiger partial charge on any atom is -0.323 e. The number of benzene rings is 1. The van der Waals surface area contributed by atoms with Crippen LogP contribution in [0.2, 0.25) is 0 Å². The second-order valence-electron chi connectivity index (χ2n) is 5.51. The van der Waals surface area contributed by atoms with Crippen LogP contribution in [-0.2, 0) is 6.54 Å². The number of nitrogens with two attached hydrogens (primary N) is 1. The van der Waals surface area contributed by atoms with Crippen molar-refractivity contribution in [3.8, 4) is 0 Å². The van der Waals surface area contributed by atoms with Gasteiger partial charge in [0, 0.05) is 31.5 Å². The lowest BCUT2D eigenvalue weighted by Gasteiger charge is -2.22. The molecule has 106 valence electrons. The summed E-state index contributed by atoms with van der Waals surface area (Å²) in [6.45, 7) is 5.95. The van der Waals surface area contributed by atoms with Gasteiger partial charge in [-0.15, -0.1) is 0 Å². The van der Waals surface area contributed by atoms with Crippen molar-refractivity contribution in [2.45, 2.75) is 26.4 Å². The molecule has 3 heteroatoms. The Kier molecular flexibility index (Phi) is 4.88. The lowest BCUT2D eigenvalue weighted by Crippen LogP contribution is -2.28. The van der Waals surface area contributed by atoms with Crippen LogP contribution in [0.15, 0.2) is 42.7 Å². The van der Waals surface area contributed by atoms with E-state index in [1.54, 1.807) is 6.20 Å². The van der Waals surface area contributed by atoms with Gasteiger partial charge in [-0.3, -0.25) is 4.98 Å². The smallest absolute Gasteiger partial charge is 0.0424 e. The molecule has 0 saturated carbocycles. The molecule has 2 rings (SSSR count). The van der Waals surface area contributed by atoms with E-state index in [2.05, 4.69) is 55.0 Å². The van der Waals surface area contributed by atoms with Crippen LogP contribution in [0, 0.1) is 13.8 Å². The molecule has 0 spiro atoms. The third kappa shape index (κ3) is 3.89. The van der Waals surface area contributed by atoms with Crippen molar-refractivity contribution < 1.29 is 0 Å². The second-order valence-corrected chi connectivity index (χ2v) is 5.51. The SMILES string of the molecule is Cc1ccc(C(N)CN(C)Cc2cccnc2)cc1C. The van der Waals surface area contributed by atoms with E-state index < -0.39 is 0 Å². The molecule has 3 nitrogen and oxygen atoms in total. The highest BCUT2D eigenvalue weighted by molar-refractivity contribution is 5.31. The van der Waals surface area contributed by atoms with Crippen LogP contribution in [-0.4, -0.2) is 23.5 Å². The number of hydrogen-bond acceptors (Lipinski definition) is 3. The summed E-state index contributed by atoms with van der Waals surface area (Å²) in [5.74, 6) is 0. The van der Waals surface area contributed by atoms with Gasteiger partial charge >= 0.3 is 0 Å². The highest BCUT2D eigenvalue weighted by Gasteiger charge is 2.10. The number of aryl methyl sites for hydroxylation is 2. The molecule has 0 aliphatic heterocycles. The van der Waals surface area contributed by atoms with Gasteiger partial charge in [0.15, 0.2) is 0 Å². The molecule has 0 aliphatic rings. The number of aromatic nitrogens is 1. The fraction of sp³-hybridized carbons (Fsp3) is 0.353. The van der Waals surface area contributed by atoms with Crippen LogP contribution in [0.4, 0.5) is 0 Å². The molecule has 1 atom stereocenters. The van der Waals surface area contributed by atoms with E-state index in [0.29, 0.717) is 0 Å². The standard InChI is InChI=1S/C17H23N3/c1-13-6-7-16(9-14(13)2)17(18)12-20(3)11-15-5-4-8-19-10-15/h4-10,17H,11-12,18H2,1-3H3. The summed E-state index contributed by atoms with van der Waals surface area (Å²) in [6.07, 6.45) is 3.70. The summed E-state index contributed by atoms with van der Waals surface area (Å²) in [7, 11) is 2.09. The molecule has 1 aromatic carbocycles. The van der Waals surface area contributed by atoms with Gasteiger partial charge in [-0.1, -0.05) is 24.3 Å². The maximum Gasteiger partial charge on any atom is 0.0424 e. The molecule has 0 amide bonds. The van der Waals surface area contributed by atoms with E-state index in [0.717, 1.165) is 13.1 Å². The Balaban J connectivity index is 1.96. The second kappa shape index (κ2) is 6.64. The fourth-order valence-corrected chi connectivity index (χ4v) is 2.30. The van der Waals surface area contributed by atoms with Crippen molar-refractivity contribution in [3.05, 3.63) is 65.0 Å². The number of nitrogens with zero attached hydrogens (tertiary/aromatic N) is 2. The predicted octanol–water partition coefficient (Wildman–Crippen LogP) is 2.83. The van der Waals surface area contributed by atoms with E-state index in [9.17, 15) is 0 Å². The zero-order chi connectivity index (χ0) is 14.5. The summed E-state index contributed by atoms with van der Waals surface area (Å²) in [5.41, 5.74) is 11.3. The molecule has 2 N–H and O–H groups in total. The maximum atomic E-state index is 6.31. The minimum absolute atomic E-state index is 0.0379. The monoisotopic (exact) mass is 269 g/mol. The van der Waals surface area contributed by atoms with Crippen LogP contribution in [0.25, 0.3) is 0 Å². The molecule has 1 heterocycles. The topological polar surface area (TPSA) is 42.1 Å². The van der Waals surface area contributed by atoms with Crippen LogP contribution < -0.4 is 5.73 Å². The van der Waals surface area contributed by atoms with Gasteiger partial charge < -0.3 is 10.6 Å². The third-order valence-electron chi connectivity index (χ3n) is 3.64. The Morgan fingerprint density at radius 2 is 2.00 bits per heavy atom. The van der Waals surface area contributed by atoms with E-state index in [4.69, 9.17) is 5.73 Å². The van der Waals surface area contributed by atoms with Crippen LogP contribution in [0.3, 0.4) is 0 Å². The Morgan fingerprint density at radius 1 is 1.20 bits per heavy atom. The molecule has 1 aromatic heterocycles. The van der Waals surface area contributed by atoms with Gasteiger partial charge in [-0.2, -0.15) is 0 Å². The van der Waals surface area contributed by atoms with Crippen molar-refractivity contribution in [2.75, 3.05) is 13.6 Å². The van der Waals surface area contributed by atoms with Crippen LogP contribution in [0.5, 0.6) is 0 Å². The fourth-order valence-electron chi connectivity index (χ4n) is 2.30. The number of likely N-dealkylation sites (N-methyl/N-ethyl adjacent to an activating group) is 1. The molecule has 0 saturated heterocycles. The molecule has 0 bridgehead atoms. The Hall–Kier alpha value is -1.71. The molecule has 0 fully saturated rings. The van der Waals surface area contributed by atoms with Gasteiger partial charge in [0.1, 0.15) is 0 Å². The molecule has 1 unspecified atom stereocenters. The molecule has 0 radical (unpaired) electrons. The average Bonchev–Trinajstić information content (AvgIpc) is 2.42. The van der Waals surface area contributed by atoms with E-state index >= 15 is 0 Å². The van der Waals surface area contributed by atoms with Gasteiger partial charge in [0.05, 0.1) is 0 Å². The normalized spacial score (nSPS) is 12.7. The molecule has 20 heavy (non-hydrogen) atoms. The highest BCUT2D eigenvalue weighted by atomic mass is 15.1. The van der Waals surface area contributed by atoms with Crippen LogP contribution in [0.1, 0.15) is 28.3 Å². The first-order chi connectivity index (χ1) is 9.56. The Morgan fingerprint density at radius 3 is 2.65 bits per heavy atom. The van der Waals surface area contributed by atoms with E-state index in [1.807, 2.05) is 12.3 Å². The minimum atomic E-state index is 0.0379. The lowest BCUT2D eigenvalue weighted by atomic mass is 10.0. The highest BCUT2D eigenvalue weighted by Crippen LogP contribution is 2.16. The zero-order valence-electron chi connectivity index (χ0n) is 12.5. The molecule has 2 aromatic rings. The largest absolute Gasteiger partial charge is 0.323 e. The van der Waals surface area contributed by atoms with Gasteiger partial charge in [-0.05, 0) is 49.2 Å². The predicted molar refractivity (Wildman–Crippen MR) is 83.4 cm³/mol. The number of rotatable bonds is 5. The maximum absolute atomic E-state index is 6.31. The third-order valence-corrected chi connectivity index (χ3v) is 3.64. The summed E-state index contributed by atoms with van der Waals surface area (Å²) in [5, 5.41) is 0. The lowest BCUT2D eigenvalue weighted by molar-refractivity contribution is 0.305.